The van der Waals surface area contributed by atoms with Crippen LogP contribution in [0.15, 0.2) is 40.7 Å². The second-order valence-corrected chi connectivity index (χ2v) is 7.75. The first-order chi connectivity index (χ1) is 11.9. The molecule has 1 aliphatic heterocycles. The Morgan fingerprint density at radius 1 is 1.20 bits per heavy atom. The predicted octanol–water partition coefficient (Wildman–Crippen LogP) is -0.355. The van der Waals surface area contributed by atoms with Gasteiger partial charge in [0.15, 0.2) is 5.03 Å². The topological polar surface area (TPSA) is 108 Å². The molecule has 3 heterocycles. The van der Waals surface area contributed by atoms with E-state index in [-0.39, 0.29) is 29.6 Å². The summed E-state index contributed by atoms with van der Waals surface area (Å²) in [4.78, 5) is 31.6. The van der Waals surface area contributed by atoms with Gasteiger partial charge in [-0.3, -0.25) is 9.59 Å². The van der Waals surface area contributed by atoms with E-state index in [1.807, 2.05) is 0 Å². The van der Waals surface area contributed by atoms with Crippen LogP contribution in [0.4, 0.5) is 0 Å². The number of aromatic amines is 1. The third kappa shape index (κ3) is 3.64. The van der Waals surface area contributed by atoms with E-state index in [9.17, 15) is 18.0 Å². The molecule has 134 valence electrons. The van der Waals surface area contributed by atoms with Gasteiger partial charge in [0.1, 0.15) is 0 Å². The minimum atomic E-state index is -3.67. The van der Waals surface area contributed by atoms with Crippen LogP contribution in [0, 0.1) is 0 Å². The van der Waals surface area contributed by atoms with E-state index in [0.717, 1.165) is 0 Å². The van der Waals surface area contributed by atoms with Crippen LogP contribution in [0.25, 0.3) is 0 Å². The second kappa shape index (κ2) is 6.81. The van der Waals surface area contributed by atoms with Crippen molar-refractivity contribution in [3.05, 3.63) is 46.8 Å². The maximum Gasteiger partial charge on any atom is 0.262 e. The highest BCUT2D eigenvalue weighted by molar-refractivity contribution is 7.89. The van der Waals surface area contributed by atoms with Crippen LogP contribution in [0.5, 0.6) is 0 Å². The number of carbonyl (C=O) groups excluding carboxylic acids is 1. The number of rotatable bonds is 3. The number of hydrogen-bond donors (Lipinski definition) is 1. The zero-order valence-electron chi connectivity index (χ0n) is 13.8. The van der Waals surface area contributed by atoms with Crippen LogP contribution in [0.2, 0.25) is 0 Å². The summed E-state index contributed by atoms with van der Waals surface area (Å²) in [7, 11) is -1.96. The van der Waals surface area contributed by atoms with E-state index in [4.69, 9.17) is 0 Å². The van der Waals surface area contributed by atoms with E-state index in [2.05, 4.69) is 9.97 Å². The van der Waals surface area contributed by atoms with Crippen molar-refractivity contribution in [3.8, 4) is 0 Å². The van der Waals surface area contributed by atoms with Gasteiger partial charge in [0.05, 0.1) is 11.9 Å². The molecule has 0 aromatic carbocycles. The molecule has 0 aliphatic carbocycles. The first-order valence-corrected chi connectivity index (χ1v) is 9.28. The number of hydrogen-bond acceptors (Lipinski definition) is 5. The van der Waals surface area contributed by atoms with E-state index >= 15 is 0 Å². The summed E-state index contributed by atoms with van der Waals surface area (Å²) < 4.78 is 28.2. The average molecular weight is 365 g/mol. The van der Waals surface area contributed by atoms with Gasteiger partial charge in [-0.05, 0) is 12.5 Å². The molecule has 0 radical (unpaired) electrons. The second-order valence-electron chi connectivity index (χ2n) is 5.87. The van der Waals surface area contributed by atoms with Crippen molar-refractivity contribution < 1.29 is 13.2 Å². The quantitative estimate of drug-likeness (QED) is 0.799. The molecule has 1 saturated heterocycles. The molecule has 9 nitrogen and oxygen atoms in total. The summed E-state index contributed by atoms with van der Waals surface area (Å²) in [6.45, 7) is 1.26. The summed E-state index contributed by atoms with van der Waals surface area (Å²) >= 11 is 0. The van der Waals surface area contributed by atoms with Gasteiger partial charge in [-0.2, -0.15) is 4.31 Å². The molecule has 2 aromatic heterocycles. The van der Waals surface area contributed by atoms with Gasteiger partial charge in [0, 0.05) is 51.7 Å². The van der Waals surface area contributed by atoms with E-state index in [0.29, 0.717) is 25.1 Å². The fourth-order valence-corrected chi connectivity index (χ4v) is 4.15. The van der Waals surface area contributed by atoms with Crippen LogP contribution in [0.1, 0.15) is 16.8 Å². The third-order valence-corrected chi connectivity index (χ3v) is 5.84. The van der Waals surface area contributed by atoms with Gasteiger partial charge in [-0.15, -0.1) is 0 Å². The number of sulfonamides is 1. The molecular weight excluding hydrogens is 346 g/mol. The van der Waals surface area contributed by atoms with Crippen molar-refractivity contribution in [1.82, 2.24) is 23.7 Å². The summed E-state index contributed by atoms with van der Waals surface area (Å²) in [5, 5.41) is 0.00964. The molecule has 0 saturated carbocycles. The standard InChI is InChI=1S/C15H19N5O4S/c1-18-10-14(17-11-18)25(23,24)20-6-2-5-19(7-8-20)15(22)12-3-4-13(21)16-9-12/h3-4,9-11H,2,5-8H2,1H3,(H,16,21). The molecular formula is C15H19N5O4S. The van der Waals surface area contributed by atoms with Gasteiger partial charge in [0.25, 0.3) is 15.9 Å². The Kier molecular flexibility index (Phi) is 4.73. The molecule has 10 heteroatoms. The molecule has 1 fully saturated rings. The number of aryl methyl sites for hydroxylation is 1. The lowest BCUT2D eigenvalue weighted by molar-refractivity contribution is 0.0764. The van der Waals surface area contributed by atoms with Crippen LogP contribution < -0.4 is 5.56 Å². The zero-order valence-corrected chi connectivity index (χ0v) is 14.6. The largest absolute Gasteiger partial charge is 0.339 e. The fourth-order valence-electron chi connectivity index (χ4n) is 2.72. The first-order valence-electron chi connectivity index (χ1n) is 7.84. The Bertz CT molecular complexity index is 913. The summed E-state index contributed by atoms with van der Waals surface area (Å²) in [5.74, 6) is -0.228. The lowest BCUT2D eigenvalue weighted by Crippen LogP contribution is -2.37. The number of pyridine rings is 1. The number of nitrogens with one attached hydrogen (secondary N) is 1. The average Bonchev–Trinajstić information content (AvgIpc) is 2.88. The van der Waals surface area contributed by atoms with Crippen molar-refractivity contribution in [1.29, 1.82) is 0 Å². The number of amides is 1. The Labute approximate surface area is 144 Å². The zero-order chi connectivity index (χ0) is 18.0. The number of nitrogens with zero attached hydrogens (tertiary/aromatic N) is 4. The number of carbonyl (C=O) groups is 1. The lowest BCUT2D eigenvalue weighted by Gasteiger charge is -2.21. The normalized spacial score (nSPS) is 16.6. The molecule has 0 unspecified atom stereocenters. The van der Waals surface area contributed by atoms with E-state index < -0.39 is 10.0 Å². The third-order valence-electron chi connectivity index (χ3n) is 4.06. The molecule has 1 amide bonds. The molecule has 0 bridgehead atoms. The fraction of sp³-hybridized carbons (Fsp3) is 0.400. The smallest absolute Gasteiger partial charge is 0.262 e. The van der Waals surface area contributed by atoms with Crippen molar-refractivity contribution in [3.63, 3.8) is 0 Å². The number of aromatic nitrogens is 3. The first kappa shape index (κ1) is 17.4. The molecule has 1 aliphatic rings. The highest BCUT2D eigenvalue weighted by Crippen LogP contribution is 2.16. The molecule has 2 aromatic rings. The van der Waals surface area contributed by atoms with Crippen molar-refractivity contribution in [2.45, 2.75) is 11.4 Å². The Morgan fingerprint density at radius 2 is 2.00 bits per heavy atom. The Balaban J connectivity index is 1.73. The van der Waals surface area contributed by atoms with E-state index in [1.54, 1.807) is 16.5 Å². The maximum atomic E-state index is 12.6. The summed E-state index contributed by atoms with van der Waals surface area (Å²) in [6.07, 6.45) is 4.80. The molecule has 0 spiro atoms. The molecule has 0 atom stereocenters. The van der Waals surface area contributed by atoms with Gasteiger partial charge in [-0.1, -0.05) is 0 Å². The summed E-state index contributed by atoms with van der Waals surface area (Å²) in [6, 6.07) is 2.76. The Hall–Kier alpha value is -2.46. The van der Waals surface area contributed by atoms with E-state index in [1.165, 1.54) is 35.2 Å². The minimum Gasteiger partial charge on any atom is -0.339 e. The van der Waals surface area contributed by atoms with Crippen molar-refractivity contribution in [2.75, 3.05) is 26.2 Å². The van der Waals surface area contributed by atoms with Crippen LogP contribution in [-0.2, 0) is 17.1 Å². The highest BCUT2D eigenvalue weighted by atomic mass is 32.2. The number of H-pyrrole nitrogens is 1. The van der Waals surface area contributed by atoms with Gasteiger partial charge >= 0.3 is 0 Å². The molecule has 3 rings (SSSR count). The van der Waals surface area contributed by atoms with Crippen LogP contribution >= 0.6 is 0 Å². The monoisotopic (exact) mass is 365 g/mol. The Morgan fingerprint density at radius 3 is 2.64 bits per heavy atom. The SMILES string of the molecule is Cn1cnc(S(=O)(=O)N2CCCN(C(=O)c3ccc(=O)[nH]c3)CC2)c1. The summed E-state index contributed by atoms with van der Waals surface area (Å²) in [5.41, 5.74) is 0.0979. The van der Waals surface area contributed by atoms with Crippen molar-refractivity contribution in [2.24, 2.45) is 7.05 Å². The lowest BCUT2D eigenvalue weighted by atomic mass is 10.2. The maximum absolute atomic E-state index is 12.6. The molecule has 1 N–H and O–H groups in total. The van der Waals surface area contributed by atoms with Crippen LogP contribution in [0.3, 0.4) is 0 Å². The molecule has 25 heavy (non-hydrogen) atoms. The minimum absolute atomic E-state index is 0.00964. The number of imidazole rings is 1. The van der Waals surface area contributed by atoms with Gasteiger partial charge in [0.2, 0.25) is 5.56 Å². The van der Waals surface area contributed by atoms with Gasteiger partial charge in [-0.25, -0.2) is 13.4 Å². The predicted molar refractivity (Wildman–Crippen MR) is 89.6 cm³/mol. The highest BCUT2D eigenvalue weighted by Gasteiger charge is 2.30. The van der Waals surface area contributed by atoms with Crippen LogP contribution in [-0.4, -0.2) is 64.2 Å². The van der Waals surface area contributed by atoms with Gasteiger partial charge < -0.3 is 14.5 Å². The van der Waals surface area contributed by atoms with Crippen molar-refractivity contribution >= 4 is 15.9 Å².